The molecular weight excluding hydrogens is 334 g/mol. The number of aryl methyl sites for hydroxylation is 1. The van der Waals surface area contributed by atoms with Crippen LogP contribution in [0.2, 0.25) is 0 Å². The Morgan fingerprint density at radius 1 is 1.42 bits per heavy atom. The van der Waals surface area contributed by atoms with E-state index in [4.69, 9.17) is 4.74 Å². The second kappa shape index (κ2) is 5.83. The normalized spacial score (nSPS) is 11.1. The first kappa shape index (κ1) is 14.2. The minimum Gasteiger partial charge on any atom is -0.504 e. The van der Waals surface area contributed by atoms with Crippen LogP contribution in [0.4, 0.5) is 0 Å². The Balaban J connectivity index is 2.51. The zero-order chi connectivity index (χ0) is 14.0. The topological polar surface area (TPSA) is 71.7 Å². The summed E-state index contributed by atoms with van der Waals surface area (Å²) in [5.74, 6) is -0.519. The Hall–Kier alpha value is -1.21. The van der Waals surface area contributed by atoms with E-state index in [0.29, 0.717) is 11.2 Å². The van der Waals surface area contributed by atoms with Crippen LogP contribution in [0, 0.1) is 0 Å². The maximum atomic E-state index is 12.2. The number of aromatic nitrogens is 1. The fourth-order valence-electron chi connectivity index (χ4n) is 1.88. The third kappa shape index (κ3) is 2.57. The summed E-state index contributed by atoms with van der Waals surface area (Å²) in [7, 11) is 1.33. The van der Waals surface area contributed by atoms with E-state index in [2.05, 4.69) is 15.9 Å². The van der Waals surface area contributed by atoms with Crippen molar-refractivity contribution in [1.82, 2.24) is 3.96 Å². The largest absolute Gasteiger partial charge is 0.504 e. The number of methoxy groups -OCH3 is 1. The molecule has 0 saturated carbocycles. The molecule has 0 atom stereocenters. The number of rotatable bonds is 5. The number of phenolic OH excluding ortho intramolecular Hbond substituents is 2. The molecule has 0 spiro atoms. The molecule has 0 bridgehead atoms. The van der Waals surface area contributed by atoms with Crippen molar-refractivity contribution in [3.8, 4) is 17.2 Å². The fraction of sp³-hybridized carbons (Fsp3) is 0.417. The Bertz CT molecular complexity index is 649. The third-order valence-corrected chi connectivity index (χ3v) is 4.44. The molecule has 1 aromatic carbocycles. The van der Waals surface area contributed by atoms with Crippen LogP contribution >= 0.6 is 27.5 Å². The molecule has 0 radical (unpaired) electrons. The van der Waals surface area contributed by atoms with E-state index in [1.54, 1.807) is 3.96 Å². The summed E-state index contributed by atoms with van der Waals surface area (Å²) in [5, 5.41) is 20.8. The van der Waals surface area contributed by atoms with Gasteiger partial charge in [0.15, 0.2) is 11.5 Å². The molecule has 2 N–H and O–H groups in total. The molecule has 7 heteroatoms. The molecule has 0 aliphatic rings. The zero-order valence-electron chi connectivity index (χ0n) is 10.4. The van der Waals surface area contributed by atoms with Crippen molar-refractivity contribution < 1.29 is 14.9 Å². The van der Waals surface area contributed by atoms with Gasteiger partial charge in [0.05, 0.1) is 11.8 Å². The molecule has 19 heavy (non-hydrogen) atoms. The first-order chi connectivity index (χ1) is 9.10. The van der Waals surface area contributed by atoms with Crippen LogP contribution in [0.25, 0.3) is 10.1 Å². The zero-order valence-corrected chi connectivity index (χ0v) is 12.8. The summed E-state index contributed by atoms with van der Waals surface area (Å²) in [4.78, 5) is 12.2. The number of fused-ring (bicyclic) bond motifs is 1. The summed E-state index contributed by atoms with van der Waals surface area (Å²) >= 11 is 4.58. The molecule has 104 valence electrons. The van der Waals surface area contributed by atoms with E-state index < -0.39 is 0 Å². The second-order valence-corrected chi connectivity index (χ2v) is 5.90. The number of hydrogen-bond acceptors (Lipinski definition) is 5. The molecule has 0 fully saturated rings. The fourth-order valence-corrected chi connectivity index (χ4v) is 3.34. The van der Waals surface area contributed by atoms with E-state index in [9.17, 15) is 15.0 Å². The van der Waals surface area contributed by atoms with Gasteiger partial charge in [0, 0.05) is 17.9 Å². The molecule has 0 amide bonds. The lowest BCUT2D eigenvalue weighted by Crippen LogP contribution is -2.13. The van der Waals surface area contributed by atoms with Gasteiger partial charge in [-0.25, -0.2) is 0 Å². The first-order valence-corrected chi connectivity index (χ1v) is 7.68. The minimum atomic E-state index is -0.294. The van der Waals surface area contributed by atoms with Crippen molar-refractivity contribution in [2.75, 3.05) is 12.4 Å². The van der Waals surface area contributed by atoms with Crippen LogP contribution in [0.3, 0.4) is 0 Å². The van der Waals surface area contributed by atoms with Gasteiger partial charge in [-0.3, -0.25) is 8.75 Å². The van der Waals surface area contributed by atoms with Gasteiger partial charge >= 0.3 is 0 Å². The van der Waals surface area contributed by atoms with Gasteiger partial charge in [-0.05, 0) is 12.8 Å². The van der Waals surface area contributed by atoms with Crippen LogP contribution < -0.4 is 10.3 Å². The summed E-state index contributed by atoms with van der Waals surface area (Å²) in [5.41, 5.74) is -0.245. The van der Waals surface area contributed by atoms with E-state index >= 15 is 0 Å². The minimum absolute atomic E-state index is 0.0602. The van der Waals surface area contributed by atoms with Gasteiger partial charge in [0.1, 0.15) is 5.39 Å². The van der Waals surface area contributed by atoms with Crippen molar-refractivity contribution in [3.63, 3.8) is 0 Å². The Labute approximate surface area is 122 Å². The lowest BCUT2D eigenvalue weighted by molar-refractivity contribution is 0.347. The maximum Gasteiger partial charge on any atom is 0.272 e. The predicted molar refractivity (Wildman–Crippen MR) is 79.0 cm³/mol. The summed E-state index contributed by atoms with van der Waals surface area (Å²) in [6.07, 6.45) is 1.85. The average Bonchev–Trinajstić information content (AvgIpc) is 2.67. The lowest BCUT2D eigenvalue weighted by atomic mass is 10.2. The molecule has 0 aliphatic heterocycles. The molecular formula is C12H14BrNO4S. The number of hydrogen-bond donors (Lipinski definition) is 2. The molecule has 2 rings (SSSR count). The van der Waals surface area contributed by atoms with E-state index in [1.807, 2.05) is 0 Å². The molecule has 1 aromatic heterocycles. The van der Waals surface area contributed by atoms with Gasteiger partial charge < -0.3 is 14.9 Å². The second-order valence-electron chi connectivity index (χ2n) is 4.05. The third-order valence-electron chi connectivity index (χ3n) is 2.80. The van der Waals surface area contributed by atoms with Crippen molar-refractivity contribution in [2.45, 2.75) is 19.4 Å². The summed E-state index contributed by atoms with van der Waals surface area (Å²) in [6, 6.07) is 1.45. The van der Waals surface area contributed by atoms with E-state index in [-0.39, 0.29) is 28.2 Å². The number of ether oxygens (including phenoxy) is 1. The SMILES string of the molecule is COc1c(O)cc2sn(CCCCBr)c(=O)c2c1O. The van der Waals surface area contributed by atoms with Gasteiger partial charge in [0.2, 0.25) is 5.75 Å². The Kier molecular flexibility index (Phi) is 4.36. The summed E-state index contributed by atoms with van der Waals surface area (Å²) < 4.78 is 7.04. The monoisotopic (exact) mass is 347 g/mol. The van der Waals surface area contributed by atoms with Crippen LogP contribution in [0.1, 0.15) is 12.8 Å². The highest BCUT2D eigenvalue weighted by atomic mass is 79.9. The number of halogens is 1. The predicted octanol–water partition coefficient (Wildman–Crippen LogP) is 2.66. The number of benzene rings is 1. The highest BCUT2D eigenvalue weighted by molar-refractivity contribution is 9.09. The van der Waals surface area contributed by atoms with Crippen LogP contribution in [0.5, 0.6) is 17.2 Å². The first-order valence-electron chi connectivity index (χ1n) is 5.78. The molecule has 1 heterocycles. The van der Waals surface area contributed by atoms with E-state index in [1.165, 1.54) is 24.7 Å². The van der Waals surface area contributed by atoms with Gasteiger partial charge in [-0.1, -0.05) is 27.5 Å². The Morgan fingerprint density at radius 3 is 2.79 bits per heavy atom. The van der Waals surface area contributed by atoms with Gasteiger partial charge in [-0.15, -0.1) is 0 Å². The van der Waals surface area contributed by atoms with Crippen molar-refractivity contribution in [3.05, 3.63) is 16.4 Å². The maximum absolute atomic E-state index is 12.2. The Morgan fingerprint density at radius 2 is 2.16 bits per heavy atom. The van der Waals surface area contributed by atoms with Crippen LogP contribution in [0.15, 0.2) is 10.9 Å². The highest BCUT2D eigenvalue weighted by Crippen LogP contribution is 2.41. The molecule has 2 aromatic rings. The van der Waals surface area contributed by atoms with Crippen molar-refractivity contribution in [2.24, 2.45) is 0 Å². The molecule has 0 saturated heterocycles. The van der Waals surface area contributed by atoms with Crippen molar-refractivity contribution >= 4 is 37.5 Å². The molecule has 0 unspecified atom stereocenters. The highest BCUT2D eigenvalue weighted by Gasteiger charge is 2.19. The number of alkyl halides is 1. The molecule has 5 nitrogen and oxygen atoms in total. The molecule has 0 aliphatic carbocycles. The summed E-state index contributed by atoms with van der Waals surface area (Å²) in [6.45, 7) is 0.603. The van der Waals surface area contributed by atoms with E-state index in [0.717, 1.165) is 18.2 Å². The van der Waals surface area contributed by atoms with Crippen LogP contribution in [-0.4, -0.2) is 26.6 Å². The number of phenols is 2. The number of unbranched alkanes of at least 4 members (excludes halogenated alkanes) is 1. The smallest absolute Gasteiger partial charge is 0.272 e. The van der Waals surface area contributed by atoms with Crippen LogP contribution in [-0.2, 0) is 6.54 Å². The number of nitrogens with zero attached hydrogens (tertiary/aromatic N) is 1. The standard InChI is InChI=1S/C12H14BrNO4S/c1-18-11-7(15)6-8-9(10(11)16)12(17)14(19-8)5-3-2-4-13/h6,15-16H,2-5H2,1H3. The number of aromatic hydroxyl groups is 2. The van der Waals surface area contributed by atoms with Gasteiger partial charge in [0.25, 0.3) is 5.56 Å². The van der Waals surface area contributed by atoms with Crippen molar-refractivity contribution in [1.29, 1.82) is 0 Å². The quantitative estimate of drug-likeness (QED) is 0.644. The lowest BCUT2D eigenvalue weighted by Gasteiger charge is -2.05. The van der Waals surface area contributed by atoms with Gasteiger partial charge in [-0.2, -0.15) is 0 Å². The average molecular weight is 348 g/mol.